The first-order chi connectivity index (χ1) is 12.2. The molecule has 25 heavy (non-hydrogen) atoms. The van der Waals surface area contributed by atoms with E-state index in [1.807, 2.05) is 16.8 Å². The number of aromatic nitrogens is 5. The van der Waals surface area contributed by atoms with Crippen molar-refractivity contribution in [2.45, 2.75) is 13.1 Å². The van der Waals surface area contributed by atoms with Gasteiger partial charge in [0.25, 0.3) is 11.4 Å². The quantitative estimate of drug-likeness (QED) is 0.385. The van der Waals surface area contributed by atoms with Crippen LogP contribution in [0.4, 0.5) is 0 Å². The summed E-state index contributed by atoms with van der Waals surface area (Å²) in [6.45, 7) is 4.40. The highest BCUT2D eigenvalue weighted by atomic mass is 32.1. The van der Waals surface area contributed by atoms with Crippen LogP contribution >= 0.6 is 34.9 Å². The molecule has 0 saturated heterocycles. The van der Waals surface area contributed by atoms with Crippen LogP contribution in [-0.2, 0) is 13.1 Å². The van der Waals surface area contributed by atoms with Gasteiger partial charge in [0, 0.05) is 11.9 Å². The van der Waals surface area contributed by atoms with Gasteiger partial charge in [-0.05, 0) is 23.7 Å². The van der Waals surface area contributed by atoms with Crippen LogP contribution in [0, 0.1) is 3.95 Å². The Balaban J connectivity index is 1.71. The Hall–Kier alpha value is -2.43. The summed E-state index contributed by atoms with van der Waals surface area (Å²) >= 11 is 8.10. The molecule has 4 rings (SSSR count). The fourth-order valence-electron chi connectivity index (χ4n) is 2.35. The molecule has 0 N–H and O–H groups in total. The Labute approximate surface area is 154 Å². The average molecular weight is 389 g/mol. The van der Waals surface area contributed by atoms with E-state index in [-0.39, 0.29) is 12.1 Å². The zero-order valence-corrected chi connectivity index (χ0v) is 15.2. The smallest absolute Gasteiger partial charge is 0.273 e. The van der Waals surface area contributed by atoms with Gasteiger partial charge in [0.2, 0.25) is 0 Å². The molecule has 126 valence electrons. The predicted octanol–water partition coefficient (Wildman–Crippen LogP) is 3.33. The standard InChI is InChI=1S/C15H11N5O2S3/c1-2-4-20-12-11(25-15(20)23)14(21)19(8-16-12)6-10-17-13(22-18-10)9-3-5-24-7-9/h2-3,5,7-8H,1,4,6H2. The molecule has 0 bridgehead atoms. The Morgan fingerprint density at radius 2 is 2.32 bits per heavy atom. The van der Waals surface area contributed by atoms with Gasteiger partial charge in [0.15, 0.2) is 15.4 Å². The first-order valence-electron chi connectivity index (χ1n) is 7.22. The lowest BCUT2D eigenvalue weighted by molar-refractivity contribution is 0.420. The Bertz CT molecular complexity index is 1170. The van der Waals surface area contributed by atoms with Crippen molar-refractivity contribution in [2.24, 2.45) is 0 Å². The number of thiazole rings is 1. The van der Waals surface area contributed by atoms with E-state index in [0.717, 1.165) is 5.56 Å². The third-order valence-electron chi connectivity index (χ3n) is 3.50. The number of fused-ring (bicyclic) bond motifs is 1. The number of rotatable bonds is 5. The van der Waals surface area contributed by atoms with E-state index >= 15 is 0 Å². The summed E-state index contributed by atoms with van der Waals surface area (Å²) in [4.78, 5) is 21.4. The molecule has 0 aliphatic heterocycles. The average Bonchev–Trinajstić information content (AvgIpc) is 3.32. The van der Waals surface area contributed by atoms with Crippen LogP contribution in [0.2, 0.25) is 0 Å². The van der Waals surface area contributed by atoms with Gasteiger partial charge in [-0.15, -0.1) is 6.58 Å². The van der Waals surface area contributed by atoms with Crippen molar-refractivity contribution in [3.8, 4) is 11.5 Å². The maximum Gasteiger partial charge on any atom is 0.273 e. The van der Waals surface area contributed by atoms with E-state index in [1.165, 1.54) is 22.2 Å². The summed E-state index contributed by atoms with van der Waals surface area (Å²) in [6.07, 6.45) is 3.20. The highest BCUT2D eigenvalue weighted by Gasteiger charge is 2.14. The molecule has 0 atom stereocenters. The maximum absolute atomic E-state index is 12.7. The summed E-state index contributed by atoms with van der Waals surface area (Å²) in [7, 11) is 0. The van der Waals surface area contributed by atoms with Gasteiger partial charge in [-0.2, -0.15) is 16.3 Å². The van der Waals surface area contributed by atoms with Gasteiger partial charge in [-0.1, -0.05) is 22.6 Å². The van der Waals surface area contributed by atoms with Crippen LogP contribution in [0.15, 0.2) is 45.1 Å². The minimum absolute atomic E-state index is 0.175. The first kappa shape index (κ1) is 16.1. The zero-order valence-electron chi connectivity index (χ0n) is 12.8. The topological polar surface area (TPSA) is 78.7 Å². The molecule has 4 aromatic heterocycles. The summed E-state index contributed by atoms with van der Waals surface area (Å²) in [5, 5.41) is 7.79. The maximum atomic E-state index is 12.7. The van der Waals surface area contributed by atoms with Gasteiger partial charge in [-0.3, -0.25) is 9.36 Å². The van der Waals surface area contributed by atoms with Gasteiger partial charge in [-0.25, -0.2) is 4.98 Å². The second-order valence-electron chi connectivity index (χ2n) is 5.13. The van der Waals surface area contributed by atoms with Crippen molar-refractivity contribution in [3.05, 3.63) is 55.9 Å². The van der Waals surface area contributed by atoms with Gasteiger partial charge in [0.05, 0.1) is 12.1 Å². The van der Waals surface area contributed by atoms with Crippen LogP contribution in [0.25, 0.3) is 21.8 Å². The van der Waals surface area contributed by atoms with Crippen LogP contribution < -0.4 is 5.56 Å². The Morgan fingerprint density at radius 1 is 1.44 bits per heavy atom. The van der Waals surface area contributed by atoms with Gasteiger partial charge < -0.3 is 9.09 Å². The summed E-state index contributed by atoms with van der Waals surface area (Å²) in [6, 6.07) is 1.90. The molecule has 4 heterocycles. The molecule has 0 aliphatic rings. The molecule has 0 aromatic carbocycles. The van der Waals surface area contributed by atoms with Crippen molar-refractivity contribution < 1.29 is 4.52 Å². The molecule has 0 aliphatic carbocycles. The van der Waals surface area contributed by atoms with Crippen molar-refractivity contribution in [1.82, 2.24) is 24.3 Å². The predicted molar refractivity (Wildman–Crippen MR) is 99.6 cm³/mol. The summed E-state index contributed by atoms with van der Waals surface area (Å²) in [5.74, 6) is 0.852. The number of nitrogens with zero attached hydrogens (tertiary/aromatic N) is 5. The molecule has 10 heteroatoms. The molecule has 0 radical (unpaired) electrons. The molecule has 0 saturated carbocycles. The molecular weight excluding hydrogens is 378 g/mol. The van der Waals surface area contributed by atoms with E-state index in [9.17, 15) is 4.79 Å². The largest absolute Gasteiger partial charge is 0.334 e. The molecule has 0 amide bonds. The number of allylic oxidation sites excluding steroid dienone is 1. The van der Waals surface area contributed by atoms with Crippen LogP contribution in [0.5, 0.6) is 0 Å². The molecule has 0 unspecified atom stereocenters. The fraction of sp³-hybridized carbons (Fsp3) is 0.133. The Morgan fingerprint density at radius 3 is 3.08 bits per heavy atom. The fourth-order valence-corrected chi connectivity index (χ4v) is 4.29. The van der Waals surface area contributed by atoms with E-state index in [2.05, 4.69) is 21.7 Å². The lowest BCUT2D eigenvalue weighted by atomic mass is 10.3. The number of hydrogen-bond donors (Lipinski definition) is 0. The number of thiophene rings is 1. The molecule has 0 fully saturated rings. The van der Waals surface area contributed by atoms with Crippen molar-refractivity contribution in [2.75, 3.05) is 0 Å². The van der Waals surface area contributed by atoms with Crippen LogP contribution in [0.1, 0.15) is 5.82 Å². The summed E-state index contributed by atoms with van der Waals surface area (Å²) < 4.78 is 9.59. The molecule has 4 aromatic rings. The van der Waals surface area contributed by atoms with Crippen LogP contribution in [-0.4, -0.2) is 24.3 Å². The van der Waals surface area contributed by atoms with Crippen molar-refractivity contribution >= 4 is 45.2 Å². The van der Waals surface area contributed by atoms with E-state index in [1.54, 1.807) is 22.0 Å². The van der Waals surface area contributed by atoms with Crippen molar-refractivity contribution in [3.63, 3.8) is 0 Å². The normalized spacial score (nSPS) is 11.2. The number of hydrogen-bond acceptors (Lipinski definition) is 8. The molecule has 0 spiro atoms. The van der Waals surface area contributed by atoms with Crippen LogP contribution in [0.3, 0.4) is 0 Å². The lowest BCUT2D eigenvalue weighted by Gasteiger charge is -2.02. The first-order valence-corrected chi connectivity index (χ1v) is 9.39. The highest BCUT2D eigenvalue weighted by Crippen LogP contribution is 2.20. The lowest BCUT2D eigenvalue weighted by Crippen LogP contribution is -2.21. The van der Waals surface area contributed by atoms with E-state index < -0.39 is 0 Å². The zero-order chi connectivity index (χ0) is 17.4. The monoisotopic (exact) mass is 389 g/mol. The minimum atomic E-state index is -0.175. The highest BCUT2D eigenvalue weighted by molar-refractivity contribution is 7.73. The molecular formula is C15H11N5O2S3. The summed E-state index contributed by atoms with van der Waals surface area (Å²) in [5.41, 5.74) is 1.26. The minimum Gasteiger partial charge on any atom is -0.334 e. The Kier molecular flexibility index (Phi) is 4.15. The van der Waals surface area contributed by atoms with Crippen molar-refractivity contribution in [1.29, 1.82) is 0 Å². The SMILES string of the molecule is C=CCn1c(=S)sc2c(=O)n(Cc3noc(-c4ccsc4)n3)cnc21. The third kappa shape index (κ3) is 2.88. The van der Waals surface area contributed by atoms with E-state index in [0.29, 0.717) is 32.6 Å². The second-order valence-corrected chi connectivity index (χ2v) is 7.55. The third-order valence-corrected chi connectivity index (χ3v) is 5.61. The second kappa shape index (κ2) is 6.47. The van der Waals surface area contributed by atoms with Gasteiger partial charge >= 0.3 is 0 Å². The molecule has 7 nitrogen and oxygen atoms in total. The van der Waals surface area contributed by atoms with Gasteiger partial charge in [0.1, 0.15) is 11.0 Å². The van der Waals surface area contributed by atoms with E-state index in [4.69, 9.17) is 16.7 Å².